The van der Waals surface area contributed by atoms with Gasteiger partial charge in [0.1, 0.15) is 11.4 Å². The molecule has 1 aromatic carbocycles. The number of halogens is 1. The topological polar surface area (TPSA) is 176 Å². The van der Waals surface area contributed by atoms with Gasteiger partial charge in [0, 0.05) is 69.6 Å². The number of hydrogen-bond acceptors (Lipinski definition) is 11. The number of amides is 3. The second kappa shape index (κ2) is 14.8. The van der Waals surface area contributed by atoms with Crippen molar-refractivity contribution < 1.29 is 24.2 Å². The first-order chi connectivity index (χ1) is 25.7. The van der Waals surface area contributed by atoms with E-state index in [0.29, 0.717) is 55.5 Å². The van der Waals surface area contributed by atoms with Gasteiger partial charge in [-0.2, -0.15) is 4.98 Å². The van der Waals surface area contributed by atoms with Crippen molar-refractivity contribution in [3.63, 3.8) is 0 Å². The average Bonchev–Trinajstić information content (AvgIpc) is 3.61. The maximum absolute atomic E-state index is 13.3. The molecule has 3 aliphatic heterocycles. The first kappa shape index (κ1) is 37.5. The fourth-order valence-corrected chi connectivity index (χ4v) is 8.88. The first-order valence-electron chi connectivity index (χ1n) is 18.2. The second-order valence-electron chi connectivity index (χ2n) is 15.1. The van der Waals surface area contributed by atoms with Crippen molar-refractivity contribution in [3.8, 4) is 5.88 Å². The molecule has 0 aliphatic carbocycles. The summed E-state index contributed by atoms with van der Waals surface area (Å²) >= 11 is 8.16. The highest BCUT2D eigenvalue weighted by Crippen LogP contribution is 2.43. The number of aromatic nitrogens is 5. The summed E-state index contributed by atoms with van der Waals surface area (Å²) in [6.07, 6.45) is 9.40. The predicted octanol–water partition coefficient (Wildman–Crippen LogP) is 5.12. The van der Waals surface area contributed by atoms with E-state index in [1.165, 1.54) is 16.3 Å². The van der Waals surface area contributed by atoms with Gasteiger partial charge in [0.05, 0.1) is 21.6 Å². The number of benzene rings is 1. The SMILES string of the molecule is CC(=O)N1CCC2(CCN(c3ncc(Sc4cccc(NC(=O)c5c(O)nc6n(c5=O)CCCC6)c4Cl)c4nccn34)CC2)C(NC(=O)OC(C)(C)C)C1. The zero-order valence-corrected chi connectivity index (χ0v) is 32.3. The smallest absolute Gasteiger partial charge is 0.407 e. The first-order valence-corrected chi connectivity index (χ1v) is 19.3. The van der Waals surface area contributed by atoms with Crippen molar-refractivity contribution in [2.24, 2.45) is 5.41 Å². The van der Waals surface area contributed by atoms with E-state index in [1.807, 2.05) is 37.4 Å². The Labute approximate surface area is 321 Å². The molecule has 1 spiro atoms. The van der Waals surface area contributed by atoms with E-state index in [2.05, 4.69) is 25.5 Å². The van der Waals surface area contributed by atoms with Crippen LogP contribution in [-0.4, -0.2) is 89.7 Å². The fourth-order valence-electron chi connectivity index (χ4n) is 7.66. The van der Waals surface area contributed by atoms with E-state index in [-0.39, 0.29) is 28.1 Å². The predicted molar refractivity (Wildman–Crippen MR) is 204 cm³/mol. The Morgan fingerprint density at radius 3 is 2.56 bits per heavy atom. The molecule has 0 radical (unpaired) electrons. The number of carbonyl (C=O) groups is 3. The molecule has 0 saturated carbocycles. The number of likely N-dealkylation sites (tertiary alicyclic amines) is 1. The molecule has 0 bridgehead atoms. The molecule has 7 rings (SSSR count). The Balaban J connectivity index is 1.07. The number of fused-ring (bicyclic) bond motifs is 2. The highest BCUT2D eigenvalue weighted by Gasteiger charge is 2.47. The molecular formula is C37H44ClN9O6S. The van der Waals surface area contributed by atoms with E-state index in [1.54, 1.807) is 36.4 Å². The molecular weight excluding hydrogens is 734 g/mol. The Kier molecular flexibility index (Phi) is 10.3. The van der Waals surface area contributed by atoms with Crippen molar-refractivity contribution in [1.29, 1.82) is 0 Å². The van der Waals surface area contributed by atoms with Crippen molar-refractivity contribution >= 4 is 58.6 Å². The number of aryl methyl sites for hydroxylation is 1. The summed E-state index contributed by atoms with van der Waals surface area (Å²) in [5.41, 5.74) is -0.902. The normalized spacial score (nSPS) is 18.4. The van der Waals surface area contributed by atoms with Gasteiger partial charge in [0.15, 0.2) is 11.2 Å². The Morgan fingerprint density at radius 2 is 1.81 bits per heavy atom. The number of ether oxygens (including phenoxy) is 1. The van der Waals surface area contributed by atoms with E-state index in [9.17, 15) is 24.3 Å². The number of carbonyl (C=O) groups excluding carboxylic acids is 3. The standard InChI is InChI=1S/C37H44ClN9O6S/c1-22(48)45-18-13-37(26(21-45)42-35(52)53-36(2,3)4)11-16-44(17-12-37)34-40-20-25(30-39-14-19-47(30)34)54-24-9-7-8-23(29(24)38)41-31(49)28-32(50)43-27-10-5-6-15-46(27)33(28)51/h7-9,14,19-20,26,50H,5-6,10-13,15-18,21H2,1-4H3,(H,41,49)(H,42,52). The third-order valence-corrected chi connectivity index (χ3v) is 12.1. The number of anilines is 2. The minimum absolute atomic E-state index is 0.0133. The second-order valence-corrected chi connectivity index (χ2v) is 16.6. The zero-order valence-electron chi connectivity index (χ0n) is 30.7. The molecule has 2 fully saturated rings. The lowest BCUT2D eigenvalue weighted by molar-refractivity contribution is -0.132. The molecule has 3 N–H and O–H groups in total. The Morgan fingerprint density at radius 1 is 1.06 bits per heavy atom. The van der Waals surface area contributed by atoms with Crippen LogP contribution in [0.15, 0.2) is 51.4 Å². The number of rotatable bonds is 6. The van der Waals surface area contributed by atoms with E-state index < -0.39 is 34.6 Å². The van der Waals surface area contributed by atoms with Crippen LogP contribution < -0.4 is 21.1 Å². The summed E-state index contributed by atoms with van der Waals surface area (Å²) in [6, 6.07) is 4.92. The third kappa shape index (κ3) is 7.45. The molecule has 4 aromatic rings. The Hall–Kier alpha value is -4.83. The van der Waals surface area contributed by atoms with Crippen LogP contribution in [0, 0.1) is 5.41 Å². The van der Waals surface area contributed by atoms with Crippen LogP contribution in [0.1, 0.15) is 76.0 Å². The maximum atomic E-state index is 13.3. The lowest BCUT2D eigenvalue weighted by Crippen LogP contribution is -2.62. The summed E-state index contributed by atoms with van der Waals surface area (Å²) in [5, 5.41) is 16.6. The van der Waals surface area contributed by atoms with Crippen molar-refractivity contribution in [2.45, 2.75) is 94.2 Å². The largest absolute Gasteiger partial charge is 0.493 e. The van der Waals surface area contributed by atoms with E-state index in [4.69, 9.17) is 21.3 Å². The van der Waals surface area contributed by atoms with Crippen LogP contribution in [0.2, 0.25) is 5.02 Å². The highest BCUT2D eigenvalue weighted by atomic mass is 35.5. The average molecular weight is 778 g/mol. The summed E-state index contributed by atoms with van der Waals surface area (Å²) in [6.45, 7) is 9.93. The van der Waals surface area contributed by atoms with E-state index in [0.717, 1.165) is 42.9 Å². The lowest BCUT2D eigenvalue weighted by atomic mass is 9.68. The van der Waals surface area contributed by atoms with Crippen molar-refractivity contribution in [2.75, 3.05) is 36.4 Å². The molecule has 1 atom stereocenters. The number of hydrogen-bond donors (Lipinski definition) is 3. The summed E-state index contributed by atoms with van der Waals surface area (Å²) in [4.78, 5) is 70.6. The van der Waals surface area contributed by atoms with Crippen LogP contribution in [0.4, 0.5) is 16.4 Å². The number of imidazole rings is 1. The van der Waals surface area contributed by atoms with Crippen LogP contribution in [0.3, 0.4) is 0 Å². The molecule has 15 nitrogen and oxygen atoms in total. The Bertz CT molecular complexity index is 2180. The van der Waals surface area contributed by atoms with Gasteiger partial charge >= 0.3 is 6.09 Å². The number of alkyl carbamates (subject to hydrolysis) is 1. The van der Waals surface area contributed by atoms with Crippen LogP contribution in [0.25, 0.3) is 5.65 Å². The van der Waals surface area contributed by atoms with Crippen LogP contribution in [0.5, 0.6) is 5.88 Å². The quantitative estimate of drug-likeness (QED) is 0.237. The molecule has 1 unspecified atom stereocenters. The van der Waals surface area contributed by atoms with E-state index >= 15 is 0 Å². The van der Waals surface area contributed by atoms with Gasteiger partial charge in [0.25, 0.3) is 11.5 Å². The summed E-state index contributed by atoms with van der Waals surface area (Å²) in [7, 11) is 0. The fraction of sp³-hybridized carbons (Fsp3) is 0.486. The molecule has 54 heavy (non-hydrogen) atoms. The van der Waals surface area contributed by atoms with Gasteiger partial charge < -0.3 is 30.3 Å². The molecule has 286 valence electrons. The zero-order chi connectivity index (χ0) is 38.4. The third-order valence-electron chi connectivity index (χ3n) is 10.5. The summed E-state index contributed by atoms with van der Waals surface area (Å²) < 4.78 is 8.97. The van der Waals surface area contributed by atoms with Gasteiger partial charge in [-0.25, -0.2) is 14.8 Å². The number of piperidine rings is 2. The van der Waals surface area contributed by atoms with Gasteiger partial charge in [-0.3, -0.25) is 23.4 Å². The van der Waals surface area contributed by atoms with Gasteiger partial charge in [-0.05, 0) is 70.4 Å². The number of aromatic hydroxyl groups is 1. The van der Waals surface area contributed by atoms with Gasteiger partial charge in [-0.1, -0.05) is 29.4 Å². The minimum atomic E-state index is -0.795. The molecule has 3 aromatic heterocycles. The summed E-state index contributed by atoms with van der Waals surface area (Å²) in [5.74, 6) is -0.202. The number of nitrogens with one attached hydrogen (secondary N) is 2. The van der Waals surface area contributed by atoms with Crippen molar-refractivity contribution in [3.05, 3.63) is 63.6 Å². The number of nitrogens with zero attached hydrogens (tertiary/aromatic N) is 7. The molecule has 17 heteroatoms. The van der Waals surface area contributed by atoms with Gasteiger partial charge in [0.2, 0.25) is 17.7 Å². The molecule has 2 saturated heterocycles. The van der Waals surface area contributed by atoms with Crippen LogP contribution in [-0.2, 0) is 22.5 Å². The van der Waals surface area contributed by atoms with Crippen LogP contribution >= 0.6 is 23.4 Å². The van der Waals surface area contributed by atoms with Gasteiger partial charge in [-0.15, -0.1) is 0 Å². The molecule has 3 aliphatic rings. The maximum Gasteiger partial charge on any atom is 0.407 e. The highest BCUT2D eigenvalue weighted by molar-refractivity contribution is 7.99. The monoisotopic (exact) mass is 777 g/mol. The minimum Gasteiger partial charge on any atom is -0.493 e. The lowest BCUT2D eigenvalue weighted by Gasteiger charge is -2.51. The van der Waals surface area contributed by atoms with Crippen molar-refractivity contribution in [1.82, 2.24) is 34.1 Å². The molecule has 6 heterocycles. The molecule has 3 amide bonds.